The van der Waals surface area contributed by atoms with Crippen molar-refractivity contribution < 1.29 is 9.90 Å². The minimum atomic E-state index is -0.232. The van der Waals surface area contributed by atoms with Crippen molar-refractivity contribution in [3.8, 4) is 0 Å². The number of carbonyl (C=O) groups excluding carboxylic acids is 1. The zero-order chi connectivity index (χ0) is 16.2. The molecule has 1 fully saturated rings. The Kier molecular flexibility index (Phi) is 4.68. The molecule has 23 heavy (non-hydrogen) atoms. The van der Waals surface area contributed by atoms with Gasteiger partial charge in [-0.1, -0.05) is 6.07 Å². The molecule has 3 rings (SSSR count). The lowest BCUT2D eigenvalue weighted by Crippen LogP contribution is -2.43. The lowest BCUT2D eigenvalue weighted by Gasteiger charge is -2.26. The van der Waals surface area contributed by atoms with E-state index in [4.69, 9.17) is 0 Å². The van der Waals surface area contributed by atoms with Gasteiger partial charge in [-0.15, -0.1) is 0 Å². The molecular weight excluding hydrogens is 294 g/mol. The average Bonchev–Trinajstić information content (AvgIpc) is 3.14. The zero-order valence-electron chi connectivity index (χ0n) is 13.2. The molecule has 7 nitrogen and oxygen atoms in total. The van der Waals surface area contributed by atoms with Crippen LogP contribution in [-0.2, 0) is 18.4 Å². The molecule has 1 aliphatic rings. The van der Waals surface area contributed by atoms with E-state index in [9.17, 15) is 9.90 Å². The molecule has 122 valence electrons. The number of aliphatic hydroxyl groups is 1. The molecule has 1 amide bonds. The molecule has 1 atom stereocenters. The largest absolute Gasteiger partial charge is 0.395 e. The summed E-state index contributed by atoms with van der Waals surface area (Å²) in [6.45, 7) is 1.73. The van der Waals surface area contributed by atoms with Crippen molar-refractivity contribution in [3.63, 3.8) is 0 Å². The minimum absolute atomic E-state index is 0.0215. The number of aromatic nitrogens is 3. The number of rotatable bonds is 6. The Labute approximate surface area is 135 Å². The van der Waals surface area contributed by atoms with Gasteiger partial charge in [0, 0.05) is 51.3 Å². The monoisotopic (exact) mass is 315 g/mol. The Hall–Kier alpha value is -2.25. The predicted molar refractivity (Wildman–Crippen MR) is 85.7 cm³/mol. The van der Waals surface area contributed by atoms with Gasteiger partial charge in [-0.05, 0) is 18.1 Å². The number of hydrogen-bond acceptors (Lipinski definition) is 5. The highest BCUT2D eigenvalue weighted by Crippen LogP contribution is 2.23. The Balaban J connectivity index is 1.74. The predicted octanol–water partition coefficient (Wildman–Crippen LogP) is 0.415. The summed E-state index contributed by atoms with van der Waals surface area (Å²) in [4.78, 5) is 20.6. The van der Waals surface area contributed by atoms with Crippen molar-refractivity contribution in [1.29, 1.82) is 0 Å². The highest BCUT2D eigenvalue weighted by Gasteiger charge is 2.37. The van der Waals surface area contributed by atoms with E-state index in [-0.39, 0.29) is 18.6 Å². The van der Waals surface area contributed by atoms with E-state index in [1.165, 1.54) is 0 Å². The maximum absolute atomic E-state index is 12.8. The number of nitrogens with zero attached hydrogens (tertiary/aromatic N) is 5. The van der Waals surface area contributed by atoms with Gasteiger partial charge < -0.3 is 5.11 Å². The summed E-state index contributed by atoms with van der Waals surface area (Å²) in [5.41, 5.74) is 1.03. The molecule has 1 N–H and O–H groups in total. The number of pyridine rings is 1. The Morgan fingerprint density at radius 1 is 1.43 bits per heavy atom. The zero-order valence-corrected chi connectivity index (χ0v) is 13.2. The molecular formula is C16H21N5O2. The Morgan fingerprint density at radius 3 is 2.96 bits per heavy atom. The highest BCUT2D eigenvalue weighted by atomic mass is 16.3. The summed E-state index contributed by atoms with van der Waals surface area (Å²) in [7, 11) is 1.84. The molecule has 2 aromatic heterocycles. The van der Waals surface area contributed by atoms with Crippen LogP contribution in [0.2, 0.25) is 0 Å². The number of hydrogen-bond donors (Lipinski definition) is 1. The van der Waals surface area contributed by atoms with Crippen LogP contribution in [0.4, 0.5) is 5.82 Å². The standard InChI is InChI=1S/C16H21N5O2/c1-19-7-5-15(18-19)21-8-4-14(16(21)23)20(9-10-22)12-13-3-2-6-17-11-13/h2-3,5-7,11,14,22H,4,8-10,12H2,1H3. The van der Waals surface area contributed by atoms with Crippen LogP contribution in [0.1, 0.15) is 12.0 Å². The number of carbonyl (C=O) groups is 1. The first-order valence-corrected chi connectivity index (χ1v) is 7.74. The van der Waals surface area contributed by atoms with Crippen molar-refractivity contribution in [2.45, 2.75) is 19.0 Å². The van der Waals surface area contributed by atoms with Gasteiger partial charge in [0.2, 0.25) is 5.91 Å². The highest BCUT2D eigenvalue weighted by molar-refractivity contribution is 5.98. The maximum atomic E-state index is 12.8. The summed E-state index contributed by atoms with van der Waals surface area (Å²) in [6.07, 6.45) is 6.08. The molecule has 0 saturated carbocycles. The van der Waals surface area contributed by atoms with Crippen LogP contribution >= 0.6 is 0 Å². The lowest BCUT2D eigenvalue weighted by molar-refractivity contribution is -0.122. The molecule has 0 bridgehead atoms. The van der Waals surface area contributed by atoms with Crippen molar-refractivity contribution in [3.05, 3.63) is 42.4 Å². The van der Waals surface area contributed by atoms with Crippen molar-refractivity contribution in [1.82, 2.24) is 19.7 Å². The third kappa shape index (κ3) is 3.40. The quantitative estimate of drug-likeness (QED) is 0.836. The summed E-state index contributed by atoms with van der Waals surface area (Å²) in [5.74, 6) is 0.728. The van der Waals surface area contributed by atoms with Gasteiger partial charge in [0.15, 0.2) is 5.82 Å². The van der Waals surface area contributed by atoms with Crippen LogP contribution in [0.3, 0.4) is 0 Å². The SMILES string of the molecule is Cn1ccc(N2CCC(N(CCO)Cc3cccnc3)C2=O)n1. The van der Waals surface area contributed by atoms with E-state index < -0.39 is 0 Å². The second-order valence-electron chi connectivity index (χ2n) is 5.70. The summed E-state index contributed by atoms with van der Waals surface area (Å²) >= 11 is 0. The Bertz CT molecular complexity index is 658. The number of amides is 1. The number of anilines is 1. The van der Waals surface area contributed by atoms with E-state index in [2.05, 4.69) is 10.1 Å². The summed E-state index contributed by atoms with van der Waals surface area (Å²) in [5, 5.41) is 13.7. The van der Waals surface area contributed by atoms with Gasteiger partial charge in [-0.3, -0.25) is 24.3 Å². The topological polar surface area (TPSA) is 74.5 Å². The van der Waals surface area contributed by atoms with Gasteiger partial charge >= 0.3 is 0 Å². The van der Waals surface area contributed by atoms with Gasteiger partial charge in [-0.25, -0.2) is 0 Å². The second kappa shape index (κ2) is 6.89. The van der Waals surface area contributed by atoms with Crippen LogP contribution in [0.5, 0.6) is 0 Å². The van der Waals surface area contributed by atoms with Crippen molar-refractivity contribution in [2.24, 2.45) is 7.05 Å². The van der Waals surface area contributed by atoms with E-state index in [0.29, 0.717) is 25.5 Å². The van der Waals surface area contributed by atoms with Crippen LogP contribution in [0.25, 0.3) is 0 Å². The smallest absolute Gasteiger partial charge is 0.245 e. The van der Waals surface area contributed by atoms with Crippen molar-refractivity contribution in [2.75, 3.05) is 24.6 Å². The molecule has 0 aliphatic carbocycles. The molecule has 1 saturated heterocycles. The first-order chi connectivity index (χ1) is 11.2. The average molecular weight is 315 g/mol. The fraction of sp³-hybridized carbons (Fsp3) is 0.438. The summed E-state index contributed by atoms with van der Waals surface area (Å²) in [6, 6.07) is 5.47. The molecule has 0 radical (unpaired) electrons. The molecule has 0 aromatic carbocycles. The Morgan fingerprint density at radius 2 is 2.30 bits per heavy atom. The molecule has 3 heterocycles. The normalized spacial score (nSPS) is 18.1. The van der Waals surface area contributed by atoms with Gasteiger partial charge in [-0.2, -0.15) is 5.10 Å². The lowest BCUT2D eigenvalue weighted by atomic mass is 10.1. The molecule has 1 unspecified atom stereocenters. The third-order valence-electron chi connectivity index (χ3n) is 4.09. The first-order valence-electron chi connectivity index (χ1n) is 7.74. The fourth-order valence-corrected chi connectivity index (χ4v) is 2.98. The van der Waals surface area contributed by atoms with Gasteiger partial charge in [0.1, 0.15) is 0 Å². The molecule has 0 spiro atoms. The van der Waals surface area contributed by atoms with E-state index in [0.717, 1.165) is 12.0 Å². The van der Waals surface area contributed by atoms with Crippen LogP contribution in [0, 0.1) is 0 Å². The van der Waals surface area contributed by atoms with E-state index in [1.54, 1.807) is 22.0 Å². The second-order valence-corrected chi connectivity index (χ2v) is 5.70. The first kappa shape index (κ1) is 15.6. The summed E-state index contributed by atoms with van der Waals surface area (Å²) < 4.78 is 1.69. The van der Waals surface area contributed by atoms with E-state index in [1.807, 2.05) is 36.3 Å². The van der Waals surface area contributed by atoms with E-state index >= 15 is 0 Å². The van der Waals surface area contributed by atoms with Gasteiger partial charge in [0.05, 0.1) is 12.6 Å². The fourth-order valence-electron chi connectivity index (χ4n) is 2.98. The minimum Gasteiger partial charge on any atom is -0.395 e. The third-order valence-corrected chi connectivity index (χ3v) is 4.09. The van der Waals surface area contributed by atoms with Crippen LogP contribution in [-0.4, -0.2) is 56.4 Å². The number of aliphatic hydroxyl groups excluding tert-OH is 1. The van der Waals surface area contributed by atoms with Crippen LogP contribution in [0.15, 0.2) is 36.8 Å². The molecule has 7 heteroatoms. The molecule has 1 aliphatic heterocycles. The van der Waals surface area contributed by atoms with Crippen LogP contribution < -0.4 is 4.90 Å². The van der Waals surface area contributed by atoms with Crippen molar-refractivity contribution >= 4 is 11.7 Å². The maximum Gasteiger partial charge on any atom is 0.245 e. The molecule has 2 aromatic rings. The van der Waals surface area contributed by atoms with Gasteiger partial charge in [0.25, 0.3) is 0 Å². The number of aryl methyl sites for hydroxylation is 1.